The predicted octanol–water partition coefficient (Wildman–Crippen LogP) is 4.65. The Bertz CT molecular complexity index is 1020. The van der Waals surface area contributed by atoms with E-state index in [9.17, 15) is 12.8 Å². The molecule has 0 aliphatic heterocycles. The van der Waals surface area contributed by atoms with Crippen molar-refractivity contribution in [3.05, 3.63) is 77.3 Å². The molecule has 0 unspecified atom stereocenters. The second-order valence-corrected chi connectivity index (χ2v) is 7.54. The van der Waals surface area contributed by atoms with E-state index in [1.54, 1.807) is 36.7 Å². The van der Waals surface area contributed by atoms with E-state index in [1.165, 1.54) is 0 Å². The van der Waals surface area contributed by atoms with Gasteiger partial charge in [-0.1, -0.05) is 23.7 Å². The number of nitrogens with zero attached hydrogens (tertiary/aromatic N) is 1. The lowest BCUT2D eigenvalue weighted by atomic mass is 10.0. The first-order valence-electron chi connectivity index (χ1n) is 7.36. The molecule has 0 atom stereocenters. The number of hydrogen-bond acceptors (Lipinski definition) is 3. The summed E-state index contributed by atoms with van der Waals surface area (Å²) in [7, 11) is -3.85. The number of rotatable bonds is 4. The van der Waals surface area contributed by atoms with Gasteiger partial charge < -0.3 is 0 Å². The molecule has 3 aromatic rings. The molecule has 0 amide bonds. The van der Waals surface area contributed by atoms with E-state index in [1.807, 2.05) is 13.0 Å². The van der Waals surface area contributed by atoms with Crippen molar-refractivity contribution in [2.45, 2.75) is 11.8 Å². The number of sulfonamides is 1. The summed E-state index contributed by atoms with van der Waals surface area (Å²) in [5, 5.41) is -0.245. The number of halogens is 2. The maximum Gasteiger partial charge on any atom is 0.261 e. The fourth-order valence-electron chi connectivity index (χ4n) is 2.34. The van der Waals surface area contributed by atoms with Crippen LogP contribution in [0.4, 0.5) is 10.1 Å². The molecule has 1 N–H and O–H groups in total. The fourth-order valence-corrected chi connectivity index (χ4v) is 3.67. The highest BCUT2D eigenvalue weighted by Gasteiger charge is 2.16. The van der Waals surface area contributed by atoms with Crippen LogP contribution in [0.15, 0.2) is 65.8 Å². The zero-order valence-corrected chi connectivity index (χ0v) is 14.8. The van der Waals surface area contributed by atoms with Crippen molar-refractivity contribution in [1.82, 2.24) is 4.98 Å². The number of hydrogen-bond donors (Lipinski definition) is 1. The topological polar surface area (TPSA) is 59.1 Å². The maximum absolute atomic E-state index is 13.2. The van der Waals surface area contributed by atoms with Gasteiger partial charge in [-0.15, -0.1) is 0 Å². The van der Waals surface area contributed by atoms with Crippen LogP contribution in [0.2, 0.25) is 5.02 Å². The lowest BCUT2D eigenvalue weighted by molar-refractivity contribution is 0.599. The number of benzene rings is 2. The van der Waals surface area contributed by atoms with Crippen molar-refractivity contribution >= 4 is 27.3 Å². The third-order valence-corrected chi connectivity index (χ3v) is 5.36. The van der Waals surface area contributed by atoms with Crippen LogP contribution in [0, 0.1) is 12.7 Å². The van der Waals surface area contributed by atoms with Gasteiger partial charge >= 0.3 is 0 Å². The monoisotopic (exact) mass is 376 g/mol. The van der Waals surface area contributed by atoms with Crippen LogP contribution >= 0.6 is 11.6 Å². The highest BCUT2D eigenvalue weighted by Crippen LogP contribution is 2.25. The summed E-state index contributed by atoms with van der Waals surface area (Å²) in [5.74, 6) is -0.670. The fraction of sp³-hybridized carbons (Fsp3) is 0.0556. The standard InChI is InChI=1S/C18H14ClFN2O2S/c1-12-8-9-21-11-16(12)13-2-4-14(5-3-13)22-25(23,24)15-6-7-18(20)17(19)10-15/h2-11,22H,1H3. The first-order valence-corrected chi connectivity index (χ1v) is 9.22. The van der Waals surface area contributed by atoms with Crippen LogP contribution in [0.1, 0.15) is 5.56 Å². The molecule has 0 saturated heterocycles. The zero-order valence-electron chi connectivity index (χ0n) is 13.2. The molecule has 0 aliphatic carbocycles. The van der Waals surface area contributed by atoms with Gasteiger partial charge in [-0.3, -0.25) is 9.71 Å². The Balaban J connectivity index is 1.86. The summed E-state index contributed by atoms with van der Waals surface area (Å²) in [6.07, 6.45) is 3.48. The molecular formula is C18H14ClFN2O2S. The molecule has 1 heterocycles. The molecule has 0 bridgehead atoms. The minimum Gasteiger partial charge on any atom is -0.280 e. The Morgan fingerprint density at radius 1 is 1.08 bits per heavy atom. The van der Waals surface area contributed by atoms with Gasteiger partial charge in [0.15, 0.2) is 0 Å². The van der Waals surface area contributed by atoms with Gasteiger partial charge in [-0.05, 0) is 54.4 Å². The molecule has 4 nitrogen and oxygen atoms in total. The predicted molar refractivity (Wildman–Crippen MR) is 96.6 cm³/mol. The van der Waals surface area contributed by atoms with E-state index in [0.29, 0.717) is 5.69 Å². The van der Waals surface area contributed by atoms with Gasteiger partial charge in [0.05, 0.1) is 9.92 Å². The first kappa shape index (κ1) is 17.4. The second-order valence-electron chi connectivity index (χ2n) is 5.45. The lowest BCUT2D eigenvalue weighted by Gasteiger charge is -2.10. The lowest BCUT2D eigenvalue weighted by Crippen LogP contribution is -2.13. The van der Waals surface area contributed by atoms with Crippen molar-refractivity contribution in [3.8, 4) is 11.1 Å². The van der Waals surface area contributed by atoms with E-state index in [0.717, 1.165) is 34.9 Å². The van der Waals surface area contributed by atoms with Gasteiger partial charge in [-0.2, -0.15) is 0 Å². The van der Waals surface area contributed by atoms with Crippen molar-refractivity contribution in [1.29, 1.82) is 0 Å². The van der Waals surface area contributed by atoms with E-state index in [-0.39, 0.29) is 9.92 Å². The summed E-state index contributed by atoms with van der Waals surface area (Å²) in [6.45, 7) is 1.98. The molecule has 128 valence electrons. The van der Waals surface area contributed by atoms with Gasteiger partial charge in [0, 0.05) is 23.6 Å². The van der Waals surface area contributed by atoms with Gasteiger partial charge in [0.2, 0.25) is 0 Å². The highest BCUT2D eigenvalue weighted by molar-refractivity contribution is 7.92. The van der Waals surface area contributed by atoms with Gasteiger partial charge in [0.25, 0.3) is 10.0 Å². The van der Waals surface area contributed by atoms with Crippen LogP contribution in [0.25, 0.3) is 11.1 Å². The Morgan fingerprint density at radius 2 is 1.80 bits per heavy atom. The third kappa shape index (κ3) is 3.81. The van der Waals surface area contributed by atoms with Gasteiger partial charge in [0.1, 0.15) is 5.82 Å². The number of anilines is 1. The molecule has 1 aromatic heterocycles. The zero-order chi connectivity index (χ0) is 18.0. The molecule has 0 aliphatic rings. The quantitative estimate of drug-likeness (QED) is 0.721. The molecule has 0 fully saturated rings. The number of aromatic nitrogens is 1. The molecule has 3 rings (SSSR count). The van der Waals surface area contributed by atoms with Crippen LogP contribution in [-0.2, 0) is 10.0 Å². The Kier molecular flexibility index (Phi) is 4.74. The minimum atomic E-state index is -3.85. The Hall–Kier alpha value is -2.44. The number of nitrogens with one attached hydrogen (secondary N) is 1. The van der Waals surface area contributed by atoms with Crippen LogP contribution in [0.3, 0.4) is 0 Å². The van der Waals surface area contributed by atoms with E-state index in [2.05, 4.69) is 9.71 Å². The van der Waals surface area contributed by atoms with E-state index < -0.39 is 15.8 Å². The Morgan fingerprint density at radius 3 is 2.44 bits per heavy atom. The number of pyridine rings is 1. The largest absolute Gasteiger partial charge is 0.280 e. The molecule has 0 saturated carbocycles. The number of aryl methyl sites for hydroxylation is 1. The summed E-state index contributed by atoms with van der Waals surface area (Å²) < 4.78 is 40.4. The van der Waals surface area contributed by atoms with Crippen LogP contribution in [0.5, 0.6) is 0 Å². The summed E-state index contributed by atoms with van der Waals surface area (Å²) in [5.41, 5.74) is 3.37. The molecule has 0 spiro atoms. The van der Waals surface area contributed by atoms with E-state index in [4.69, 9.17) is 11.6 Å². The third-order valence-electron chi connectivity index (χ3n) is 3.69. The molecule has 0 radical (unpaired) electrons. The summed E-state index contributed by atoms with van der Waals surface area (Å²) >= 11 is 5.65. The van der Waals surface area contributed by atoms with Crippen LogP contribution in [-0.4, -0.2) is 13.4 Å². The molecule has 25 heavy (non-hydrogen) atoms. The normalized spacial score (nSPS) is 11.3. The second kappa shape index (κ2) is 6.82. The highest BCUT2D eigenvalue weighted by atomic mass is 35.5. The molecule has 2 aromatic carbocycles. The summed E-state index contributed by atoms with van der Waals surface area (Å²) in [6, 6.07) is 12.1. The average molecular weight is 377 g/mol. The summed E-state index contributed by atoms with van der Waals surface area (Å²) in [4.78, 5) is 4.00. The van der Waals surface area contributed by atoms with Crippen molar-refractivity contribution in [2.24, 2.45) is 0 Å². The minimum absolute atomic E-state index is 0.105. The van der Waals surface area contributed by atoms with Crippen molar-refractivity contribution in [2.75, 3.05) is 4.72 Å². The Labute approximate surface area is 150 Å². The molecule has 7 heteroatoms. The van der Waals surface area contributed by atoms with Crippen LogP contribution < -0.4 is 4.72 Å². The van der Waals surface area contributed by atoms with Crippen molar-refractivity contribution in [3.63, 3.8) is 0 Å². The van der Waals surface area contributed by atoms with E-state index >= 15 is 0 Å². The first-order chi connectivity index (χ1) is 11.9. The van der Waals surface area contributed by atoms with Gasteiger partial charge in [-0.25, -0.2) is 12.8 Å². The van der Waals surface area contributed by atoms with Crippen molar-refractivity contribution < 1.29 is 12.8 Å². The maximum atomic E-state index is 13.2. The average Bonchev–Trinajstić information content (AvgIpc) is 2.58. The molecular weight excluding hydrogens is 363 g/mol. The smallest absolute Gasteiger partial charge is 0.261 e. The SMILES string of the molecule is Cc1ccncc1-c1ccc(NS(=O)(=O)c2ccc(F)c(Cl)c2)cc1.